The molecule has 1 saturated heterocycles. The first-order valence-electron chi connectivity index (χ1n) is 6.90. The molecule has 2 N–H and O–H groups in total. The number of hydrogen-bond donors (Lipinski definition) is 1. The van der Waals surface area contributed by atoms with E-state index in [1.165, 1.54) is 19.3 Å². The molecule has 1 aliphatic carbocycles. The highest BCUT2D eigenvalue weighted by molar-refractivity contribution is 5.76. The number of nitrogens with zero attached hydrogens (tertiary/aromatic N) is 1. The minimum atomic E-state index is -0.0346. The highest BCUT2D eigenvalue weighted by atomic mass is 16.5. The Hall–Kier alpha value is -0.610. The third-order valence-electron chi connectivity index (χ3n) is 4.20. The fourth-order valence-corrected chi connectivity index (χ4v) is 3.41. The van der Waals surface area contributed by atoms with Gasteiger partial charge in [-0.15, -0.1) is 0 Å². The lowest BCUT2D eigenvalue weighted by Gasteiger charge is -2.32. The van der Waals surface area contributed by atoms with Gasteiger partial charge in [0.05, 0.1) is 6.61 Å². The van der Waals surface area contributed by atoms with Gasteiger partial charge in [-0.3, -0.25) is 9.69 Å². The van der Waals surface area contributed by atoms with Crippen molar-refractivity contribution in [1.29, 1.82) is 0 Å². The van der Waals surface area contributed by atoms with Crippen molar-refractivity contribution in [1.82, 2.24) is 4.90 Å². The van der Waals surface area contributed by atoms with Crippen LogP contribution in [0.5, 0.6) is 0 Å². The van der Waals surface area contributed by atoms with Crippen LogP contribution in [0.2, 0.25) is 0 Å². The third kappa shape index (κ3) is 2.63. The van der Waals surface area contributed by atoms with Crippen LogP contribution in [-0.4, -0.2) is 42.6 Å². The van der Waals surface area contributed by atoms with Gasteiger partial charge in [-0.1, -0.05) is 6.42 Å². The molecule has 1 aliphatic heterocycles. The molecule has 2 rings (SSSR count). The third-order valence-corrected chi connectivity index (χ3v) is 4.20. The summed E-state index contributed by atoms with van der Waals surface area (Å²) in [7, 11) is 0. The minimum absolute atomic E-state index is 0.00731. The van der Waals surface area contributed by atoms with E-state index in [0.29, 0.717) is 18.6 Å². The number of likely N-dealkylation sites (tertiary alicyclic amines) is 1. The van der Waals surface area contributed by atoms with Crippen LogP contribution in [0, 0.1) is 5.92 Å². The molecule has 0 spiro atoms. The van der Waals surface area contributed by atoms with Crippen molar-refractivity contribution in [2.45, 2.75) is 51.1 Å². The SMILES string of the molecule is CCOC(=O)C1CCCN1C1CCCC1CN. The summed E-state index contributed by atoms with van der Waals surface area (Å²) >= 11 is 0. The summed E-state index contributed by atoms with van der Waals surface area (Å²) in [5, 5.41) is 0. The molecule has 4 heteroatoms. The Labute approximate surface area is 103 Å². The highest BCUT2D eigenvalue weighted by Crippen LogP contribution is 2.34. The van der Waals surface area contributed by atoms with Gasteiger partial charge in [0.15, 0.2) is 0 Å². The van der Waals surface area contributed by atoms with E-state index >= 15 is 0 Å². The predicted molar refractivity (Wildman–Crippen MR) is 66.5 cm³/mol. The Morgan fingerprint density at radius 3 is 2.88 bits per heavy atom. The first-order valence-corrected chi connectivity index (χ1v) is 6.90. The second kappa shape index (κ2) is 5.83. The average molecular weight is 240 g/mol. The van der Waals surface area contributed by atoms with E-state index in [1.54, 1.807) is 0 Å². The standard InChI is InChI=1S/C13H24N2O2/c1-2-17-13(16)12-7-4-8-15(12)11-6-3-5-10(11)9-14/h10-12H,2-9,14H2,1H3. The second-order valence-corrected chi connectivity index (χ2v) is 5.14. The predicted octanol–water partition coefficient (Wildman–Crippen LogP) is 1.14. The minimum Gasteiger partial charge on any atom is -0.465 e. The molecule has 0 aromatic carbocycles. The summed E-state index contributed by atoms with van der Waals surface area (Å²) < 4.78 is 5.17. The summed E-state index contributed by atoms with van der Waals surface area (Å²) in [6.45, 7) is 4.13. The van der Waals surface area contributed by atoms with E-state index in [0.717, 1.165) is 25.9 Å². The number of rotatable bonds is 4. The molecule has 2 aliphatic rings. The van der Waals surface area contributed by atoms with Gasteiger partial charge in [0.25, 0.3) is 0 Å². The molecule has 0 bridgehead atoms. The Bertz CT molecular complexity index is 270. The number of carbonyl (C=O) groups excluding carboxylic acids is 1. The van der Waals surface area contributed by atoms with Crippen LogP contribution < -0.4 is 5.73 Å². The highest BCUT2D eigenvalue weighted by Gasteiger charge is 2.40. The molecule has 3 unspecified atom stereocenters. The summed E-state index contributed by atoms with van der Waals surface area (Å²) in [5.41, 5.74) is 5.83. The van der Waals surface area contributed by atoms with Crippen molar-refractivity contribution < 1.29 is 9.53 Å². The zero-order valence-electron chi connectivity index (χ0n) is 10.7. The fraction of sp³-hybridized carbons (Fsp3) is 0.923. The summed E-state index contributed by atoms with van der Waals surface area (Å²) in [5.74, 6) is 0.540. The van der Waals surface area contributed by atoms with Crippen molar-refractivity contribution in [2.24, 2.45) is 11.7 Å². The number of hydrogen-bond acceptors (Lipinski definition) is 4. The Morgan fingerprint density at radius 2 is 2.18 bits per heavy atom. The van der Waals surface area contributed by atoms with Crippen molar-refractivity contribution in [3.63, 3.8) is 0 Å². The van der Waals surface area contributed by atoms with Crippen molar-refractivity contribution in [3.05, 3.63) is 0 Å². The maximum absolute atomic E-state index is 11.9. The van der Waals surface area contributed by atoms with Gasteiger partial charge in [0, 0.05) is 6.04 Å². The van der Waals surface area contributed by atoms with Gasteiger partial charge in [0.2, 0.25) is 0 Å². The molecule has 98 valence electrons. The van der Waals surface area contributed by atoms with Crippen molar-refractivity contribution >= 4 is 5.97 Å². The van der Waals surface area contributed by atoms with Crippen LogP contribution in [0.1, 0.15) is 39.0 Å². The van der Waals surface area contributed by atoms with E-state index < -0.39 is 0 Å². The largest absolute Gasteiger partial charge is 0.465 e. The van der Waals surface area contributed by atoms with Crippen LogP contribution in [0.4, 0.5) is 0 Å². The zero-order valence-corrected chi connectivity index (χ0v) is 10.7. The van der Waals surface area contributed by atoms with Crippen LogP contribution in [-0.2, 0) is 9.53 Å². The van der Waals surface area contributed by atoms with E-state index in [2.05, 4.69) is 4.90 Å². The van der Waals surface area contributed by atoms with Gasteiger partial charge in [-0.25, -0.2) is 0 Å². The molecule has 0 aromatic heterocycles. The van der Waals surface area contributed by atoms with Crippen LogP contribution >= 0.6 is 0 Å². The summed E-state index contributed by atoms with van der Waals surface area (Å²) in [4.78, 5) is 14.3. The Kier molecular flexibility index (Phi) is 4.40. The fourth-order valence-electron chi connectivity index (χ4n) is 3.41. The topological polar surface area (TPSA) is 55.6 Å². The maximum Gasteiger partial charge on any atom is 0.323 e. The van der Waals surface area contributed by atoms with Gasteiger partial charge < -0.3 is 10.5 Å². The average Bonchev–Trinajstić information content (AvgIpc) is 2.97. The number of carbonyl (C=O) groups is 1. The van der Waals surface area contributed by atoms with Crippen molar-refractivity contribution in [2.75, 3.05) is 19.7 Å². The molecule has 3 atom stereocenters. The molecule has 4 nitrogen and oxygen atoms in total. The molecule has 2 fully saturated rings. The monoisotopic (exact) mass is 240 g/mol. The van der Waals surface area contributed by atoms with Crippen LogP contribution in [0.15, 0.2) is 0 Å². The second-order valence-electron chi connectivity index (χ2n) is 5.14. The van der Waals surface area contributed by atoms with E-state index in [4.69, 9.17) is 10.5 Å². The first-order chi connectivity index (χ1) is 8.27. The molecule has 0 amide bonds. The number of ether oxygens (including phenoxy) is 1. The zero-order chi connectivity index (χ0) is 12.3. The lowest BCUT2D eigenvalue weighted by Crippen LogP contribution is -2.46. The first kappa shape index (κ1) is 12.8. The number of esters is 1. The lowest BCUT2D eigenvalue weighted by atomic mass is 10.0. The van der Waals surface area contributed by atoms with Gasteiger partial charge in [-0.2, -0.15) is 0 Å². The molecule has 0 radical (unpaired) electrons. The van der Waals surface area contributed by atoms with Gasteiger partial charge in [0.1, 0.15) is 6.04 Å². The number of nitrogens with two attached hydrogens (primary N) is 1. The van der Waals surface area contributed by atoms with E-state index in [9.17, 15) is 4.79 Å². The molecule has 1 saturated carbocycles. The maximum atomic E-state index is 11.9. The normalized spacial score (nSPS) is 34.1. The smallest absolute Gasteiger partial charge is 0.323 e. The lowest BCUT2D eigenvalue weighted by molar-refractivity contribution is -0.149. The Morgan fingerprint density at radius 1 is 1.35 bits per heavy atom. The van der Waals surface area contributed by atoms with Crippen LogP contribution in [0.3, 0.4) is 0 Å². The van der Waals surface area contributed by atoms with Crippen LogP contribution in [0.25, 0.3) is 0 Å². The van der Waals surface area contributed by atoms with Gasteiger partial charge in [-0.05, 0) is 51.6 Å². The molecule has 1 heterocycles. The van der Waals surface area contributed by atoms with E-state index in [-0.39, 0.29) is 12.0 Å². The Balaban J connectivity index is 2.01. The molecule has 17 heavy (non-hydrogen) atoms. The molecule has 0 aromatic rings. The summed E-state index contributed by atoms with van der Waals surface area (Å²) in [6, 6.07) is 0.504. The quantitative estimate of drug-likeness (QED) is 0.749. The van der Waals surface area contributed by atoms with Gasteiger partial charge >= 0.3 is 5.97 Å². The summed E-state index contributed by atoms with van der Waals surface area (Å²) in [6.07, 6.45) is 5.72. The van der Waals surface area contributed by atoms with Crippen molar-refractivity contribution in [3.8, 4) is 0 Å². The van der Waals surface area contributed by atoms with E-state index in [1.807, 2.05) is 6.92 Å². The molecular weight excluding hydrogens is 216 g/mol. The molecular formula is C13H24N2O2.